The van der Waals surface area contributed by atoms with Gasteiger partial charge in [0.2, 0.25) is 0 Å². The van der Waals surface area contributed by atoms with E-state index in [4.69, 9.17) is 9.79 Å². The maximum absolute atomic E-state index is 11.6. The van der Waals surface area contributed by atoms with E-state index in [1.807, 2.05) is 5.38 Å². The van der Waals surface area contributed by atoms with Crippen LogP contribution in [0, 0.1) is 0 Å². The highest BCUT2D eigenvalue weighted by atomic mass is 32.2. The zero-order valence-electron chi connectivity index (χ0n) is 10.9. The summed E-state index contributed by atoms with van der Waals surface area (Å²) in [6, 6.07) is 1.77. The third-order valence-corrected chi connectivity index (χ3v) is 5.49. The summed E-state index contributed by atoms with van der Waals surface area (Å²) >= 11 is 2.83. The Labute approximate surface area is 132 Å². The lowest BCUT2D eigenvalue weighted by Crippen LogP contribution is -2.05. The number of nitrogens with one attached hydrogen (secondary N) is 2. The third-order valence-electron chi connectivity index (χ3n) is 2.74. The standard InChI is InChI=1S/C12H10N3O4PS2/c16-11-10-9(14-6-15-11)8(5-13-10)22-12-7(2-4-21-12)1-3-20(17,18)19/h1-6,13H,(H,14,15,16)(H2,17,18,19). The fourth-order valence-corrected chi connectivity index (χ4v) is 4.21. The molecule has 7 nitrogen and oxygen atoms in total. The largest absolute Gasteiger partial charge is 0.354 e. The van der Waals surface area contributed by atoms with Crippen LogP contribution in [-0.4, -0.2) is 24.7 Å². The van der Waals surface area contributed by atoms with Crippen LogP contribution in [0.2, 0.25) is 0 Å². The molecule has 0 amide bonds. The van der Waals surface area contributed by atoms with Crippen LogP contribution < -0.4 is 5.56 Å². The highest BCUT2D eigenvalue weighted by molar-refractivity contribution is 8.01. The summed E-state index contributed by atoms with van der Waals surface area (Å²) in [5.74, 6) is 0.872. The van der Waals surface area contributed by atoms with E-state index in [1.54, 1.807) is 12.3 Å². The lowest BCUT2D eigenvalue weighted by atomic mass is 10.3. The quantitative estimate of drug-likeness (QED) is 0.534. The fraction of sp³-hybridized carbons (Fsp3) is 0. The number of rotatable bonds is 4. The normalized spacial score (nSPS) is 12.5. The lowest BCUT2D eigenvalue weighted by Gasteiger charge is -1.99. The summed E-state index contributed by atoms with van der Waals surface area (Å²) in [6.07, 6.45) is 4.42. The van der Waals surface area contributed by atoms with Crippen LogP contribution in [0.1, 0.15) is 5.56 Å². The van der Waals surface area contributed by atoms with E-state index in [0.717, 1.165) is 14.9 Å². The minimum atomic E-state index is -4.19. The molecule has 0 fully saturated rings. The van der Waals surface area contributed by atoms with E-state index in [-0.39, 0.29) is 5.56 Å². The van der Waals surface area contributed by atoms with E-state index in [9.17, 15) is 9.36 Å². The molecule has 0 saturated heterocycles. The van der Waals surface area contributed by atoms with Crippen LogP contribution in [0.25, 0.3) is 17.1 Å². The van der Waals surface area contributed by atoms with Crippen molar-refractivity contribution >= 4 is 47.8 Å². The smallest absolute Gasteiger partial charge is 0.349 e. The Morgan fingerprint density at radius 3 is 2.95 bits per heavy atom. The first kappa shape index (κ1) is 15.3. The number of thiophene rings is 1. The minimum absolute atomic E-state index is 0.246. The zero-order chi connectivity index (χ0) is 15.7. The molecular weight excluding hydrogens is 345 g/mol. The fourth-order valence-electron chi connectivity index (χ4n) is 1.79. The molecular formula is C12H10N3O4PS2. The molecule has 10 heteroatoms. The first-order chi connectivity index (χ1) is 10.4. The van der Waals surface area contributed by atoms with Crippen LogP contribution in [0.15, 0.2) is 43.7 Å². The summed E-state index contributed by atoms with van der Waals surface area (Å²) in [6.45, 7) is 0. The molecule has 0 bridgehead atoms. The predicted molar refractivity (Wildman–Crippen MR) is 86.2 cm³/mol. The van der Waals surface area contributed by atoms with Crippen molar-refractivity contribution in [3.8, 4) is 0 Å². The predicted octanol–water partition coefficient (Wildman–Crippen LogP) is 2.61. The number of hydrogen-bond acceptors (Lipinski definition) is 5. The summed E-state index contributed by atoms with van der Waals surface area (Å²) in [4.78, 5) is 39.7. The molecule has 0 spiro atoms. The first-order valence-electron chi connectivity index (χ1n) is 5.98. The molecule has 0 aromatic carbocycles. The van der Waals surface area contributed by atoms with Gasteiger partial charge < -0.3 is 19.8 Å². The second-order valence-corrected chi connectivity index (χ2v) is 7.98. The molecule has 3 heterocycles. The summed E-state index contributed by atoms with van der Waals surface area (Å²) < 4.78 is 11.8. The monoisotopic (exact) mass is 355 g/mol. The van der Waals surface area contributed by atoms with Crippen LogP contribution in [0.5, 0.6) is 0 Å². The van der Waals surface area contributed by atoms with Gasteiger partial charge in [-0.2, -0.15) is 0 Å². The van der Waals surface area contributed by atoms with Crippen LogP contribution in [0.4, 0.5) is 0 Å². The molecule has 0 aliphatic heterocycles. The summed E-state index contributed by atoms with van der Waals surface area (Å²) in [7, 11) is -4.19. The van der Waals surface area contributed by atoms with E-state index in [1.165, 1.54) is 35.5 Å². The Morgan fingerprint density at radius 1 is 1.36 bits per heavy atom. The first-order valence-corrected chi connectivity index (χ1v) is 9.36. The highest BCUT2D eigenvalue weighted by Crippen LogP contribution is 2.41. The summed E-state index contributed by atoms with van der Waals surface area (Å²) in [5.41, 5.74) is 1.42. The topological polar surface area (TPSA) is 119 Å². The lowest BCUT2D eigenvalue weighted by molar-refractivity contribution is 0.386. The van der Waals surface area contributed by atoms with Crippen molar-refractivity contribution < 1.29 is 14.4 Å². The second kappa shape index (κ2) is 5.86. The number of H-pyrrole nitrogens is 2. The number of aromatic nitrogens is 3. The highest BCUT2D eigenvalue weighted by Gasteiger charge is 2.13. The van der Waals surface area contributed by atoms with Crippen molar-refractivity contribution in [2.75, 3.05) is 0 Å². The number of fused-ring (bicyclic) bond motifs is 1. The molecule has 22 heavy (non-hydrogen) atoms. The van der Waals surface area contributed by atoms with Gasteiger partial charge in [0.05, 0.1) is 15.4 Å². The zero-order valence-corrected chi connectivity index (χ0v) is 13.4. The Balaban J connectivity index is 1.95. The van der Waals surface area contributed by atoms with Gasteiger partial charge in [0.1, 0.15) is 11.0 Å². The van der Waals surface area contributed by atoms with E-state index in [2.05, 4.69) is 15.0 Å². The van der Waals surface area contributed by atoms with E-state index in [0.29, 0.717) is 16.6 Å². The molecule has 0 unspecified atom stereocenters. The van der Waals surface area contributed by atoms with Crippen molar-refractivity contribution in [2.24, 2.45) is 0 Å². The van der Waals surface area contributed by atoms with Crippen molar-refractivity contribution in [1.29, 1.82) is 0 Å². The van der Waals surface area contributed by atoms with Gasteiger partial charge in [-0.05, 0) is 23.1 Å². The number of nitrogens with zero attached hydrogens (tertiary/aromatic N) is 1. The van der Waals surface area contributed by atoms with Crippen molar-refractivity contribution in [3.05, 3.63) is 45.7 Å². The van der Waals surface area contributed by atoms with Gasteiger partial charge in [-0.3, -0.25) is 9.36 Å². The van der Waals surface area contributed by atoms with Gasteiger partial charge in [0, 0.05) is 12.0 Å². The van der Waals surface area contributed by atoms with E-state index < -0.39 is 7.60 Å². The molecule has 0 atom stereocenters. The van der Waals surface area contributed by atoms with Crippen LogP contribution in [0.3, 0.4) is 0 Å². The SMILES string of the molecule is O=c1[nH]cnc2c(Sc3sccc3C=CP(=O)(O)O)c[nH]c12. The third kappa shape index (κ3) is 3.23. The minimum Gasteiger partial charge on any atom is -0.354 e. The van der Waals surface area contributed by atoms with Gasteiger partial charge in [-0.1, -0.05) is 11.8 Å². The molecule has 114 valence electrons. The molecule has 0 aliphatic rings. The van der Waals surface area contributed by atoms with Crippen LogP contribution in [-0.2, 0) is 4.57 Å². The van der Waals surface area contributed by atoms with Gasteiger partial charge in [0.15, 0.2) is 0 Å². The molecule has 0 aliphatic carbocycles. The van der Waals surface area contributed by atoms with Crippen molar-refractivity contribution in [2.45, 2.75) is 9.10 Å². The molecule has 0 saturated carbocycles. The Kier molecular flexibility index (Phi) is 4.07. The van der Waals surface area contributed by atoms with Gasteiger partial charge >= 0.3 is 7.60 Å². The molecule has 3 aromatic rings. The maximum Gasteiger partial charge on any atom is 0.349 e. The van der Waals surface area contributed by atoms with Crippen molar-refractivity contribution in [1.82, 2.24) is 15.0 Å². The molecule has 0 radical (unpaired) electrons. The summed E-state index contributed by atoms with van der Waals surface area (Å²) in [5, 5.41) is 1.83. The Morgan fingerprint density at radius 2 is 2.18 bits per heavy atom. The number of hydrogen-bond donors (Lipinski definition) is 4. The van der Waals surface area contributed by atoms with Gasteiger partial charge in [0.25, 0.3) is 5.56 Å². The molecule has 3 aromatic heterocycles. The van der Waals surface area contributed by atoms with Gasteiger partial charge in [-0.25, -0.2) is 4.98 Å². The maximum atomic E-state index is 11.6. The molecule has 4 N–H and O–H groups in total. The Hall–Kier alpha value is -1.64. The van der Waals surface area contributed by atoms with Gasteiger partial charge in [-0.15, -0.1) is 11.3 Å². The van der Waals surface area contributed by atoms with Crippen molar-refractivity contribution in [3.63, 3.8) is 0 Å². The molecule has 3 rings (SSSR count). The average Bonchev–Trinajstić information content (AvgIpc) is 3.05. The average molecular weight is 355 g/mol. The second-order valence-electron chi connectivity index (χ2n) is 4.28. The van der Waals surface area contributed by atoms with Crippen LogP contribution >= 0.6 is 30.7 Å². The Bertz CT molecular complexity index is 953. The number of aromatic amines is 2. The van der Waals surface area contributed by atoms with E-state index >= 15 is 0 Å².